The number of primary amides is 1. The second-order valence-corrected chi connectivity index (χ2v) is 6.62. The average molecular weight is 381 g/mol. The van der Waals surface area contributed by atoms with Crippen molar-refractivity contribution in [3.63, 3.8) is 0 Å². The molecule has 0 atom stereocenters. The number of rotatable bonds is 8. The van der Waals surface area contributed by atoms with Gasteiger partial charge in [-0.2, -0.15) is 0 Å². The Kier molecular flexibility index (Phi) is 6.26. The Balaban J connectivity index is 1.67. The first-order valence-corrected chi connectivity index (χ1v) is 9.17. The Bertz CT molecular complexity index is 881. The van der Waals surface area contributed by atoms with E-state index in [-0.39, 0.29) is 18.4 Å². The van der Waals surface area contributed by atoms with Crippen LogP contribution in [0.3, 0.4) is 0 Å². The smallest absolute Gasteiger partial charge is 0.255 e. The molecule has 7 nitrogen and oxygen atoms in total. The lowest BCUT2D eigenvalue weighted by atomic mass is 10.1. The van der Waals surface area contributed by atoms with Crippen LogP contribution < -0.4 is 15.8 Å². The number of hydrogen-bond donors (Lipinski definition) is 2. The number of ether oxygens (including phenoxy) is 1. The molecule has 0 unspecified atom stereocenters. The molecule has 0 saturated carbocycles. The summed E-state index contributed by atoms with van der Waals surface area (Å²) in [6.45, 7) is 1.34. The van der Waals surface area contributed by atoms with Crippen molar-refractivity contribution in [1.82, 2.24) is 10.2 Å². The molecule has 7 heteroatoms. The molecule has 3 amide bonds. The lowest BCUT2D eigenvalue weighted by molar-refractivity contribution is -0.128. The van der Waals surface area contributed by atoms with Crippen molar-refractivity contribution < 1.29 is 19.1 Å². The molecule has 1 aliphatic heterocycles. The summed E-state index contributed by atoms with van der Waals surface area (Å²) in [5.41, 5.74) is 7.39. The van der Waals surface area contributed by atoms with E-state index < -0.39 is 5.91 Å². The van der Waals surface area contributed by atoms with Crippen LogP contribution >= 0.6 is 0 Å². The van der Waals surface area contributed by atoms with Crippen LogP contribution in [0, 0.1) is 0 Å². The largest absolute Gasteiger partial charge is 0.483 e. The molecule has 2 aromatic rings. The van der Waals surface area contributed by atoms with E-state index in [9.17, 15) is 14.4 Å². The van der Waals surface area contributed by atoms with Gasteiger partial charge >= 0.3 is 0 Å². The van der Waals surface area contributed by atoms with Crippen molar-refractivity contribution in [2.24, 2.45) is 5.73 Å². The number of amides is 3. The van der Waals surface area contributed by atoms with Gasteiger partial charge in [0.15, 0.2) is 6.61 Å². The minimum Gasteiger partial charge on any atom is -0.483 e. The molecular weight excluding hydrogens is 358 g/mol. The summed E-state index contributed by atoms with van der Waals surface area (Å²) in [7, 11) is 0. The number of nitrogens with two attached hydrogens (primary N) is 1. The van der Waals surface area contributed by atoms with Crippen molar-refractivity contribution in [3.8, 4) is 5.75 Å². The summed E-state index contributed by atoms with van der Waals surface area (Å²) in [5.74, 6) is -0.457. The molecule has 146 valence electrons. The van der Waals surface area contributed by atoms with E-state index >= 15 is 0 Å². The van der Waals surface area contributed by atoms with Crippen molar-refractivity contribution >= 4 is 17.7 Å². The van der Waals surface area contributed by atoms with Crippen molar-refractivity contribution in [2.75, 3.05) is 13.2 Å². The highest BCUT2D eigenvalue weighted by Gasteiger charge is 2.21. The van der Waals surface area contributed by atoms with E-state index in [0.29, 0.717) is 30.8 Å². The van der Waals surface area contributed by atoms with E-state index in [4.69, 9.17) is 10.5 Å². The fourth-order valence-corrected chi connectivity index (χ4v) is 3.16. The van der Waals surface area contributed by atoms with Crippen LogP contribution in [0.25, 0.3) is 0 Å². The highest BCUT2D eigenvalue weighted by molar-refractivity contribution is 5.97. The number of likely N-dealkylation sites (tertiary alicyclic amines) is 1. The lowest BCUT2D eigenvalue weighted by Gasteiger charge is -2.18. The molecule has 0 bridgehead atoms. The zero-order chi connectivity index (χ0) is 19.9. The van der Waals surface area contributed by atoms with Crippen LogP contribution in [0.4, 0.5) is 0 Å². The van der Waals surface area contributed by atoms with E-state index in [1.807, 2.05) is 29.2 Å². The topological polar surface area (TPSA) is 102 Å². The second-order valence-electron chi connectivity index (χ2n) is 6.62. The second kappa shape index (κ2) is 9.03. The minimum atomic E-state index is -0.611. The molecule has 2 aromatic carbocycles. The number of benzene rings is 2. The van der Waals surface area contributed by atoms with Crippen LogP contribution in [0.2, 0.25) is 0 Å². The molecule has 3 N–H and O–H groups in total. The van der Waals surface area contributed by atoms with Gasteiger partial charge in [-0.05, 0) is 29.7 Å². The quantitative estimate of drug-likeness (QED) is 0.725. The standard InChI is InChI=1S/C21H23N3O4/c22-19(25)14-28-18-9-4-3-8-17(18)21(27)23-12-15-6-1-2-7-16(15)13-24-11-5-10-20(24)26/h1-4,6-9H,5,10-14H2,(H2,22,25)(H,23,27). The zero-order valence-corrected chi connectivity index (χ0v) is 15.5. The van der Waals surface area contributed by atoms with Crippen molar-refractivity contribution in [2.45, 2.75) is 25.9 Å². The summed E-state index contributed by atoms with van der Waals surface area (Å²) in [6.07, 6.45) is 1.49. The number of hydrogen-bond acceptors (Lipinski definition) is 4. The Hall–Kier alpha value is -3.35. The van der Waals surface area contributed by atoms with Gasteiger partial charge < -0.3 is 20.7 Å². The van der Waals surface area contributed by atoms with Gasteiger partial charge in [0.2, 0.25) is 5.91 Å². The average Bonchev–Trinajstić information content (AvgIpc) is 3.10. The number of carbonyl (C=O) groups excluding carboxylic acids is 3. The maximum Gasteiger partial charge on any atom is 0.255 e. The molecule has 0 radical (unpaired) electrons. The summed E-state index contributed by atoms with van der Waals surface area (Å²) in [4.78, 5) is 37.3. The predicted octanol–water partition coefficient (Wildman–Crippen LogP) is 1.60. The van der Waals surface area contributed by atoms with Crippen LogP contribution in [0.5, 0.6) is 5.75 Å². The first kappa shape index (κ1) is 19.4. The van der Waals surface area contributed by atoms with Crippen LogP contribution in [0.15, 0.2) is 48.5 Å². The first-order chi connectivity index (χ1) is 13.5. The van der Waals surface area contributed by atoms with Crippen molar-refractivity contribution in [3.05, 3.63) is 65.2 Å². The summed E-state index contributed by atoms with van der Waals surface area (Å²) >= 11 is 0. The van der Waals surface area contributed by atoms with Gasteiger partial charge in [0.25, 0.3) is 11.8 Å². The van der Waals surface area contributed by atoms with Gasteiger partial charge in [-0.3, -0.25) is 14.4 Å². The number of nitrogens with one attached hydrogen (secondary N) is 1. The van der Waals surface area contributed by atoms with Crippen LogP contribution in [0.1, 0.15) is 34.3 Å². The Morgan fingerprint density at radius 1 is 1.07 bits per heavy atom. The van der Waals surface area contributed by atoms with E-state index in [1.54, 1.807) is 24.3 Å². The fraction of sp³-hybridized carbons (Fsp3) is 0.286. The fourth-order valence-electron chi connectivity index (χ4n) is 3.16. The monoisotopic (exact) mass is 381 g/mol. The van der Waals surface area contributed by atoms with Gasteiger partial charge in [-0.25, -0.2) is 0 Å². The SMILES string of the molecule is NC(=O)COc1ccccc1C(=O)NCc1ccccc1CN1CCCC1=O. The first-order valence-electron chi connectivity index (χ1n) is 9.17. The van der Waals surface area contributed by atoms with E-state index in [2.05, 4.69) is 5.32 Å². The summed E-state index contributed by atoms with van der Waals surface area (Å²) in [5, 5.41) is 2.88. The third kappa shape index (κ3) is 4.88. The molecule has 1 heterocycles. The maximum atomic E-state index is 12.6. The molecule has 0 spiro atoms. The predicted molar refractivity (Wildman–Crippen MR) is 103 cm³/mol. The third-order valence-electron chi connectivity index (χ3n) is 4.59. The summed E-state index contributed by atoms with van der Waals surface area (Å²) in [6, 6.07) is 14.4. The van der Waals surface area contributed by atoms with Gasteiger partial charge in [0.1, 0.15) is 5.75 Å². The summed E-state index contributed by atoms with van der Waals surface area (Å²) < 4.78 is 5.32. The van der Waals surface area contributed by atoms with Crippen LogP contribution in [-0.4, -0.2) is 35.8 Å². The molecule has 3 rings (SSSR count). The molecule has 1 saturated heterocycles. The Morgan fingerprint density at radius 3 is 2.50 bits per heavy atom. The molecule has 1 aliphatic rings. The highest BCUT2D eigenvalue weighted by Crippen LogP contribution is 2.19. The van der Waals surface area contributed by atoms with E-state index in [0.717, 1.165) is 24.1 Å². The molecular formula is C21H23N3O4. The Morgan fingerprint density at radius 2 is 1.79 bits per heavy atom. The van der Waals surface area contributed by atoms with Gasteiger partial charge in [-0.1, -0.05) is 36.4 Å². The van der Waals surface area contributed by atoms with Gasteiger partial charge in [0.05, 0.1) is 5.56 Å². The third-order valence-corrected chi connectivity index (χ3v) is 4.59. The lowest BCUT2D eigenvalue weighted by Crippen LogP contribution is -2.27. The molecule has 1 fully saturated rings. The normalized spacial score (nSPS) is 13.4. The minimum absolute atomic E-state index is 0.166. The van der Waals surface area contributed by atoms with Crippen LogP contribution in [-0.2, 0) is 22.7 Å². The zero-order valence-electron chi connectivity index (χ0n) is 15.5. The Labute approximate surface area is 163 Å². The number of para-hydroxylation sites is 1. The maximum absolute atomic E-state index is 12.6. The molecule has 0 aliphatic carbocycles. The molecule has 28 heavy (non-hydrogen) atoms. The number of carbonyl (C=O) groups is 3. The number of nitrogens with zero attached hydrogens (tertiary/aromatic N) is 1. The van der Waals surface area contributed by atoms with Gasteiger partial charge in [-0.15, -0.1) is 0 Å². The highest BCUT2D eigenvalue weighted by atomic mass is 16.5. The molecule has 0 aromatic heterocycles. The van der Waals surface area contributed by atoms with Gasteiger partial charge in [0, 0.05) is 26.1 Å². The van der Waals surface area contributed by atoms with Crippen molar-refractivity contribution in [1.29, 1.82) is 0 Å². The van der Waals surface area contributed by atoms with E-state index in [1.165, 1.54) is 0 Å².